The number of hydrogen-bond donors (Lipinski definition) is 2. The molecular weight excluding hydrogens is 457 g/mol. The van der Waals surface area contributed by atoms with E-state index in [0.29, 0.717) is 32.4 Å². The van der Waals surface area contributed by atoms with Crippen LogP contribution < -0.4 is 15.5 Å². The van der Waals surface area contributed by atoms with Gasteiger partial charge in [0.25, 0.3) is 5.91 Å². The molecule has 0 unspecified atom stereocenters. The average molecular weight is 476 g/mol. The second-order valence-corrected chi connectivity index (χ2v) is 8.69. The summed E-state index contributed by atoms with van der Waals surface area (Å²) in [6.45, 7) is 1.69. The summed E-state index contributed by atoms with van der Waals surface area (Å²) in [6, 6.07) is 9.29. The van der Waals surface area contributed by atoms with E-state index < -0.39 is 6.36 Å². The summed E-state index contributed by atoms with van der Waals surface area (Å²) >= 11 is 1.18. The van der Waals surface area contributed by atoms with Crippen molar-refractivity contribution in [3.63, 3.8) is 0 Å². The van der Waals surface area contributed by atoms with Crippen molar-refractivity contribution in [3.8, 4) is 5.75 Å². The Morgan fingerprint density at radius 1 is 1.09 bits per heavy atom. The van der Waals surface area contributed by atoms with E-state index in [1.807, 2.05) is 22.7 Å². The summed E-state index contributed by atoms with van der Waals surface area (Å²) in [5, 5.41) is 5.50. The Kier molecular flexibility index (Phi) is 5.33. The molecule has 0 aliphatic carbocycles. The van der Waals surface area contributed by atoms with E-state index in [0.717, 1.165) is 31.4 Å². The minimum atomic E-state index is -4.75. The Bertz CT molecular complexity index is 1340. The van der Waals surface area contributed by atoms with Crippen LogP contribution in [0.25, 0.3) is 21.3 Å². The van der Waals surface area contributed by atoms with Crippen molar-refractivity contribution < 1.29 is 22.7 Å². The fourth-order valence-electron chi connectivity index (χ4n) is 3.74. The van der Waals surface area contributed by atoms with Crippen LogP contribution in [0.15, 0.2) is 36.4 Å². The van der Waals surface area contributed by atoms with Gasteiger partial charge in [0.2, 0.25) is 5.95 Å². The van der Waals surface area contributed by atoms with Gasteiger partial charge in [-0.05, 0) is 43.2 Å². The minimum Gasteiger partial charge on any atom is -0.406 e. The van der Waals surface area contributed by atoms with Gasteiger partial charge in [-0.3, -0.25) is 10.2 Å². The Morgan fingerprint density at radius 2 is 1.88 bits per heavy atom. The highest BCUT2D eigenvalue weighted by Gasteiger charge is 2.31. The summed E-state index contributed by atoms with van der Waals surface area (Å²) in [4.78, 5) is 21.5. The molecule has 12 heteroatoms. The molecule has 1 fully saturated rings. The molecule has 0 atom stereocenters. The first kappa shape index (κ1) is 21.5. The number of amides is 1. The highest BCUT2D eigenvalue weighted by molar-refractivity contribution is 7.22. The number of fused-ring (bicyclic) bond motifs is 2. The molecule has 1 amide bonds. The molecule has 2 N–H and O–H groups in total. The van der Waals surface area contributed by atoms with Crippen molar-refractivity contribution in [2.75, 3.05) is 18.4 Å². The molecule has 8 nitrogen and oxygen atoms in total. The van der Waals surface area contributed by atoms with Crippen molar-refractivity contribution >= 4 is 49.6 Å². The molecule has 0 radical (unpaired) electrons. The maximum absolute atomic E-state index is 12.5. The van der Waals surface area contributed by atoms with Gasteiger partial charge in [-0.25, -0.2) is 15.0 Å². The SMILES string of the molecule is Cn1c(Nc2nc3ccc(OC(F)(F)F)cc3s2)nc2cc(C(=O)NN3CCCC3)ccc21. The molecule has 172 valence electrons. The summed E-state index contributed by atoms with van der Waals surface area (Å²) in [7, 11) is 1.82. The zero-order valence-electron chi connectivity index (χ0n) is 17.4. The average Bonchev–Trinajstić information content (AvgIpc) is 3.46. The maximum atomic E-state index is 12.5. The number of benzene rings is 2. The predicted octanol–water partition coefficient (Wildman–Crippen LogP) is 4.57. The molecule has 2 aromatic heterocycles. The van der Waals surface area contributed by atoms with Crippen LogP contribution in [0.3, 0.4) is 0 Å². The van der Waals surface area contributed by atoms with Gasteiger partial charge >= 0.3 is 6.36 Å². The first-order chi connectivity index (χ1) is 15.7. The molecule has 1 aliphatic rings. The van der Waals surface area contributed by atoms with E-state index >= 15 is 0 Å². The fourth-order valence-corrected chi connectivity index (χ4v) is 4.63. The predicted molar refractivity (Wildman–Crippen MR) is 119 cm³/mol. The Hall–Kier alpha value is -3.38. The van der Waals surface area contributed by atoms with Crippen LogP contribution in [0.2, 0.25) is 0 Å². The van der Waals surface area contributed by atoms with Crippen LogP contribution in [-0.4, -0.2) is 44.9 Å². The molecule has 0 saturated carbocycles. The fraction of sp³-hybridized carbons (Fsp3) is 0.286. The van der Waals surface area contributed by atoms with Gasteiger partial charge in [0.1, 0.15) is 5.75 Å². The first-order valence-electron chi connectivity index (χ1n) is 10.2. The van der Waals surface area contributed by atoms with E-state index in [1.54, 1.807) is 12.1 Å². The van der Waals surface area contributed by atoms with Crippen molar-refractivity contribution in [3.05, 3.63) is 42.0 Å². The molecule has 3 heterocycles. The first-order valence-corrected chi connectivity index (χ1v) is 11.0. The number of aromatic nitrogens is 3. The van der Waals surface area contributed by atoms with Crippen LogP contribution >= 0.6 is 11.3 Å². The number of carbonyl (C=O) groups is 1. The number of aryl methyl sites for hydroxylation is 1. The lowest BCUT2D eigenvalue weighted by Crippen LogP contribution is -2.39. The standard InChI is InChI=1S/C21H19F3N6O2S/c1-29-16-7-4-12(18(31)28-30-8-2-3-9-30)10-15(16)25-19(29)27-20-26-14-6-5-13(11-17(14)33-20)32-21(22,23)24/h4-7,10-11H,2-3,8-9H2,1H3,(H,28,31)(H,25,26,27). The number of anilines is 2. The number of carbonyl (C=O) groups excluding carboxylic acids is 1. The van der Waals surface area contributed by atoms with Crippen LogP contribution in [0.5, 0.6) is 5.75 Å². The summed E-state index contributed by atoms with van der Waals surface area (Å²) in [6.07, 6.45) is -2.62. The van der Waals surface area contributed by atoms with E-state index in [2.05, 4.69) is 25.4 Å². The van der Waals surface area contributed by atoms with Crippen molar-refractivity contribution in [2.45, 2.75) is 19.2 Å². The highest BCUT2D eigenvalue weighted by Crippen LogP contribution is 2.33. The lowest BCUT2D eigenvalue weighted by molar-refractivity contribution is -0.274. The largest absolute Gasteiger partial charge is 0.573 e. The molecule has 2 aromatic carbocycles. The molecular formula is C21H19F3N6O2S. The monoisotopic (exact) mass is 476 g/mol. The Morgan fingerprint density at radius 3 is 2.64 bits per heavy atom. The van der Waals surface area contributed by atoms with Crippen LogP contribution in [-0.2, 0) is 7.05 Å². The van der Waals surface area contributed by atoms with E-state index in [4.69, 9.17) is 0 Å². The summed E-state index contributed by atoms with van der Waals surface area (Å²) in [5.74, 6) is 0.0163. The number of ether oxygens (including phenoxy) is 1. The minimum absolute atomic E-state index is 0.179. The van der Waals surface area contributed by atoms with Gasteiger partial charge in [0.15, 0.2) is 5.13 Å². The number of imidazole rings is 1. The number of hydrazine groups is 1. The zero-order valence-corrected chi connectivity index (χ0v) is 18.3. The maximum Gasteiger partial charge on any atom is 0.573 e. The number of rotatable bonds is 5. The second kappa shape index (κ2) is 8.19. The topological polar surface area (TPSA) is 84.3 Å². The second-order valence-electron chi connectivity index (χ2n) is 7.65. The van der Waals surface area contributed by atoms with Crippen molar-refractivity contribution in [2.24, 2.45) is 7.05 Å². The van der Waals surface area contributed by atoms with E-state index in [-0.39, 0.29) is 11.7 Å². The number of nitrogens with one attached hydrogen (secondary N) is 2. The number of alkyl halides is 3. The van der Waals surface area contributed by atoms with Gasteiger partial charge in [-0.1, -0.05) is 11.3 Å². The molecule has 4 aromatic rings. The zero-order chi connectivity index (χ0) is 23.2. The third-order valence-corrected chi connectivity index (χ3v) is 6.25. The van der Waals surface area contributed by atoms with Crippen LogP contribution in [0, 0.1) is 0 Å². The normalized spacial score (nSPS) is 14.8. The molecule has 0 spiro atoms. The number of hydrogen-bond acceptors (Lipinski definition) is 7. The van der Waals surface area contributed by atoms with Gasteiger partial charge in [-0.15, -0.1) is 13.2 Å². The van der Waals surface area contributed by atoms with Gasteiger partial charge < -0.3 is 14.6 Å². The Balaban J connectivity index is 1.37. The molecule has 33 heavy (non-hydrogen) atoms. The summed E-state index contributed by atoms with van der Waals surface area (Å²) < 4.78 is 43.8. The quantitative estimate of drug-likeness (QED) is 0.439. The van der Waals surface area contributed by atoms with Gasteiger partial charge in [-0.2, -0.15) is 0 Å². The molecule has 1 aliphatic heterocycles. The lowest BCUT2D eigenvalue weighted by atomic mass is 10.2. The Labute approximate surface area is 190 Å². The molecule has 1 saturated heterocycles. The molecule has 0 bridgehead atoms. The van der Waals surface area contributed by atoms with Gasteiger partial charge in [0.05, 0.1) is 21.3 Å². The van der Waals surface area contributed by atoms with Crippen LogP contribution in [0.1, 0.15) is 23.2 Å². The lowest BCUT2D eigenvalue weighted by Gasteiger charge is -2.16. The van der Waals surface area contributed by atoms with Crippen molar-refractivity contribution in [1.29, 1.82) is 0 Å². The smallest absolute Gasteiger partial charge is 0.406 e. The van der Waals surface area contributed by atoms with E-state index in [1.165, 1.54) is 29.5 Å². The van der Waals surface area contributed by atoms with E-state index in [9.17, 15) is 18.0 Å². The van der Waals surface area contributed by atoms with Gasteiger partial charge in [0, 0.05) is 31.8 Å². The number of thiazole rings is 1. The third kappa shape index (κ3) is 4.57. The molecule has 5 rings (SSSR count). The highest BCUT2D eigenvalue weighted by atomic mass is 32.1. The van der Waals surface area contributed by atoms with Crippen molar-refractivity contribution in [1.82, 2.24) is 25.0 Å². The number of halogens is 3. The summed E-state index contributed by atoms with van der Waals surface area (Å²) in [5.41, 5.74) is 5.41. The third-order valence-electron chi connectivity index (χ3n) is 5.32. The van der Waals surface area contributed by atoms with Crippen LogP contribution in [0.4, 0.5) is 24.3 Å². The number of nitrogens with zero attached hydrogens (tertiary/aromatic N) is 4.